The largest absolute Gasteiger partial charge is 0.378 e. The van der Waals surface area contributed by atoms with Gasteiger partial charge >= 0.3 is 0 Å². The second kappa shape index (κ2) is 6.15. The monoisotopic (exact) mass is 352 g/mol. The standard InChI is InChI=1S/C15H17BrN2O3/c16-12-3-1-2-4-13(12)18-10-11(9-14(18)19)15(20)17-5-7-21-8-6-17/h1-4,11H,5-10H2. The van der Waals surface area contributed by atoms with Gasteiger partial charge in [-0.25, -0.2) is 0 Å². The van der Waals surface area contributed by atoms with Crippen LogP contribution in [0.15, 0.2) is 28.7 Å². The molecule has 1 aromatic rings. The van der Waals surface area contributed by atoms with Crippen molar-refractivity contribution in [2.45, 2.75) is 6.42 Å². The molecule has 6 heteroatoms. The van der Waals surface area contributed by atoms with Crippen LogP contribution < -0.4 is 4.90 Å². The molecule has 2 amide bonds. The van der Waals surface area contributed by atoms with Crippen LogP contribution in [0.4, 0.5) is 5.69 Å². The fourth-order valence-corrected chi connectivity index (χ4v) is 3.32. The Morgan fingerprint density at radius 1 is 1.24 bits per heavy atom. The zero-order valence-electron chi connectivity index (χ0n) is 11.6. The van der Waals surface area contributed by atoms with Crippen molar-refractivity contribution >= 4 is 33.4 Å². The van der Waals surface area contributed by atoms with Gasteiger partial charge in [-0.2, -0.15) is 0 Å². The highest BCUT2D eigenvalue weighted by atomic mass is 79.9. The Balaban J connectivity index is 1.72. The van der Waals surface area contributed by atoms with Crippen LogP contribution in [0.3, 0.4) is 0 Å². The second-order valence-electron chi connectivity index (χ2n) is 5.29. The molecule has 5 nitrogen and oxygen atoms in total. The lowest BCUT2D eigenvalue weighted by atomic mass is 10.1. The normalized spacial score (nSPS) is 22.7. The number of para-hydroxylation sites is 1. The van der Waals surface area contributed by atoms with Gasteiger partial charge < -0.3 is 14.5 Å². The lowest BCUT2D eigenvalue weighted by molar-refractivity contribution is -0.139. The van der Waals surface area contributed by atoms with Crippen LogP contribution in [-0.4, -0.2) is 49.6 Å². The summed E-state index contributed by atoms with van der Waals surface area (Å²) in [5.41, 5.74) is 0.833. The van der Waals surface area contributed by atoms with E-state index in [9.17, 15) is 9.59 Å². The highest BCUT2D eigenvalue weighted by Crippen LogP contribution is 2.31. The number of carbonyl (C=O) groups excluding carboxylic acids is 2. The number of carbonyl (C=O) groups is 2. The van der Waals surface area contributed by atoms with E-state index in [1.54, 1.807) is 4.90 Å². The van der Waals surface area contributed by atoms with Gasteiger partial charge in [-0.15, -0.1) is 0 Å². The van der Waals surface area contributed by atoms with Crippen molar-refractivity contribution in [2.24, 2.45) is 5.92 Å². The SMILES string of the molecule is O=C(C1CC(=O)N(c2ccccc2Br)C1)N1CCOCC1. The number of ether oxygens (including phenoxy) is 1. The van der Waals surface area contributed by atoms with E-state index in [1.165, 1.54) is 0 Å². The third kappa shape index (κ3) is 2.96. The number of morpholine rings is 1. The molecule has 1 unspecified atom stereocenters. The van der Waals surface area contributed by atoms with Crippen LogP contribution in [0, 0.1) is 5.92 Å². The number of benzene rings is 1. The molecule has 112 valence electrons. The molecule has 21 heavy (non-hydrogen) atoms. The molecular formula is C15H17BrN2O3. The number of anilines is 1. The minimum absolute atomic E-state index is 0.00788. The fraction of sp³-hybridized carbons (Fsp3) is 0.467. The molecule has 2 aliphatic rings. The predicted molar refractivity (Wildman–Crippen MR) is 82.0 cm³/mol. The van der Waals surface area contributed by atoms with Gasteiger partial charge in [-0.3, -0.25) is 9.59 Å². The molecule has 0 radical (unpaired) electrons. The molecule has 0 saturated carbocycles. The van der Waals surface area contributed by atoms with E-state index in [2.05, 4.69) is 15.9 Å². The van der Waals surface area contributed by atoms with Gasteiger partial charge in [0.15, 0.2) is 0 Å². The molecule has 2 fully saturated rings. The third-order valence-electron chi connectivity index (χ3n) is 3.94. The summed E-state index contributed by atoms with van der Waals surface area (Å²) in [4.78, 5) is 28.2. The average Bonchev–Trinajstić information content (AvgIpc) is 2.90. The molecule has 2 saturated heterocycles. The number of rotatable bonds is 2. The number of hydrogen-bond acceptors (Lipinski definition) is 3. The van der Waals surface area contributed by atoms with Gasteiger partial charge in [-0.05, 0) is 28.1 Å². The molecular weight excluding hydrogens is 336 g/mol. The van der Waals surface area contributed by atoms with Gasteiger partial charge in [0.25, 0.3) is 0 Å². The second-order valence-corrected chi connectivity index (χ2v) is 6.15. The van der Waals surface area contributed by atoms with E-state index in [1.807, 2.05) is 29.2 Å². The topological polar surface area (TPSA) is 49.9 Å². The Kier molecular flexibility index (Phi) is 4.26. The van der Waals surface area contributed by atoms with Crippen molar-refractivity contribution < 1.29 is 14.3 Å². The Morgan fingerprint density at radius 3 is 2.67 bits per heavy atom. The molecule has 3 rings (SSSR count). The van der Waals surface area contributed by atoms with E-state index in [4.69, 9.17) is 4.74 Å². The quantitative estimate of drug-likeness (QED) is 0.813. The van der Waals surface area contributed by atoms with Gasteiger partial charge in [0.05, 0.1) is 24.8 Å². The van der Waals surface area contributed by atoms with Crippen LogP contribution in [0.25, 0.3) is 0 Å². The summed E-state index contributed by atoms with van der Waals surface area (Å²) < 4.78 is 6.14. The predicted octanol–water partition coefficient (Wildman–Crippen LogP) is 1.66. The van der Waals surface area contributed by atoms with Crippen LogP contribution in [0.1, 0.15) is 6.42 Å². The van der Waals surface area contributed by atoms with E-state index in [0.29, 0.717) is 32.8 Å². The summed E-state index contributed by atoms with van der Waals surface area (Å²) in [6.45, 7) is 2.87. The molecule has 2 heterocycles. The molecule has 0 aromatic heterocycles. The number of hydrogen-bond donors (Lipinski definition) is 0. The first kappa shape index (κ1) is 14.5. The van der Waals surface area contributed by atoms with Crippen LogP contribution in [0.2, 0.25) is 0 Å². The smallest absolute Gasteiger partial charge is 0.228 e. The highest BCUT2D eigenvalue weighted by Gasteiger charge is 2.37. The number of nitrogens with zero attached hydrogens (tertiary/aromatic N) is 2. The Bertz CT molecular complexity index is 558. The summed E-state index contributed by atoms with van der Waals surface area (Å²) in [7, 11) is 0. The molecule has 1 aromatic carbocycles. The van der Waals surface area contributed by atoms with Crippen molar-refractivity contribution in [1.82, 2.24) is 4.90 Å². The Morgan fingerprint density at radius 2 is 1.95 bits per heavy atom. The maximum atomic E-state index is 12.5. The van der Waals surface area contributed by atoms with E-state index in [0.717, 1.165) is 10.2 Å². The van der Waals surface area contributed by atoms with Crippen molar-refractivity contribution in [2.75, 3.05) is 37.7 Å². The first-order valence-electron chi connectivity index (χ1n) is 7.08. The minimum Gasteiger partial charge on any atom is -0.378 e. The lowest BCUT2D eigenvalue weighted by Gasteiger charge is -2.29. The first-order chi connectivity index (χ1) is 10.2. The fourth-order valence-electron chi connectivity index (χ4n) is 2.82. The first-order valence-corrected chi connectivity index (χ1v) is 7.87. The van der Waals surface area contributed by atoms with Crippen LogP contribution >= 0.6 is 15.9 Å². The third-order valence-corrected chi connectivity index (χ3v) is 4.61. The summed E-state index contributed by atoms with van der Waals surface area (Å²) >= 11 is 3.46. The molecule has 0 spiro atoms. The van der Waals surface area contributed by atoms with E-state index < -0.39 is 0 Å². The zero-order valence-corrected chi connectivity index (χ0v) is 13.2. The van der Waals surface area contributed by atoms with Gasteiger partial charge in [0.1, 0.15) is 0 Å². The summed E-state index contributed by atoms with van der Waals surface area (Å²) in [6, 6.07) is 7.60. The maximum Gasteiger partial charge on any atom is 0.228 e. The Labute approximate surface area is 132 Å². The average molecular weight is 353 g/mol. The van der Waals surface area contributed by atoms with E-state index >= 15 is 0 Å². The van der Waals surface area contributed by atoms with Gasteiger partial charge in [-0.1, -0.05) is 12.1 Å². The summed E-state index contributed by atoms with van der Waals surface area (Å²) in [6.07, 6.45) is 0.289. The molecule has 1 atom stereocenters. The van der Waals surface area contributed by atoms with Crippen molar-refractivity contribution in [3.05, 3.63) is 28.7 Å². The van der Waals surface area contributed by atoms with Crippen molar-refractivity contribution in [1.29, 1.82) is 0 Å². The zero-order chi connectivity index (χ0) is 14.8. The van der Waals surface area contributed by atoms with Crippen molar-refractivity contribution in [3.63, 3.8) is 0 Å². The van der Waals surface area contributed by atoms with Crippen LogP contribution in [0.5, 0.6) is 0 Å². The maximum absolute atomic E-state index is 12.5. The number of amides is 2. The Hall–Kier alpha value is -1.40. The highest BCUT2D eigenvalue weighted by molar-refractivity contribution is 9.10. The van der Waals surface area contributed by atoms with Gasteiger partial charge in [0, 0.05) is 30.5 Å². The van der Waals surface area contributed by atoms with Crippen LogP contribution in [-0.2, 0) is 14.3 Å². The molecule has 0 bridgehead atoms. The minimum atomic E-state index is -0.247. The van der Waals surface area contributed by atoms with Gasteiger partial charge in [0.2, 0.25) is 11.8 Å². The summed E-state index contributed by atoms with van der Waals surface area (Å²) in [5.74, 6) is -0.169. The summed E-state index contributed by atoms with van der Waals surface area (Å²) in [5, 5.41) is 0. The molecule has 0 N–H and O–H groups in total. The molecule has 0 aliphatic carbocycles. The lowest BCUT2D eigenvalue weighted by Crippen LogP contribution is -2.44. The molecule has 2 aliphatic heterocycles. The number of halogens is 1. The van der Waals surface area contributed by atoms with E-state index in [-0.39, 0.29) is 24.2 Å². The van der Waals surface area contributed by atoms with Crippen molar-refractivity contribution in [3.8, 4) is 0 Å².